The van der Waals surface area contributed by atoms with Crippen LogP contribution in [0.4, 0.5) is 22.0 Å². The van der Waals surface area contributed by atoms with Crippen molar-refractivity contribution in [3.8, 4) is 5.75 Å². The van der Waals surface area contributed by atoms with Crippen molar-refractivity contribution >= 4 is 5.97 Å². The van der Waals surface area contributed by atoms with Crippen LogP contribution >= 0.6 is 0 Å². The Hall–Kier alpha value is -1.86. The second kappa shape index (κ2) is 5.26. The van der Waals surface area contributed by atoms with Gasteiger partial charge in [0.05, 0.1) is 5.41 Å². The van der Waals surface area contributed by atoms with Crippen molar-refractivity contribution in [3.63, 3.8) is 0 Å². The van der Waals surface area contributed by atoms with E-state index in [1.54, 1.807) is 0 Å². The van der Waals surface area contributed by atoms with Crippen LogP contribution < -0.4 is 4.89 Å². The van der Waals surface area contributed by atoms with Crippen LogP contribution in [0.1, 0.15) is 26.3 Å². The molecule has 1 rings (SSSR count). The van der Waals surface area contributed by atoms with Crippen molar-refractivity contribution < 1.29 is 36.5 Å². The number of hydrogen-bond acceptors (Lipinski definition) is 3. The normalized spacial score (nSPS) is 12.2. The highest BCUT2D eigenvalue weighted by molar-refractivity contribution is 5.65. The Morgan fingerprint density at radius 1 is 1.10 bits per heavy atom. The number of halogens is 5. The highest BCUT2D eigenvalue weighted by Crippen LogP contribution is 2.43. The summed E-state index contributed by atoms with van der Waals surface area (Å²) in [5, 5.41) is 0. The second-order valence-electron chi connectivity index (χ2n) is 4.54. The van der Waals surface area contributed by atoms with E-state index in [4.69, 9.17) is 0 Å². The Labute approximate surface area is 111 Å². The van der Waals surface area contributed by atoms with E-state index in [-0.39, 0.29) is 0 Å². The summed E-state index contributed by atoms with van der Waals surface area (Å²) >= 11 is 0. The number of benzene rings is 1. The first kappa shape index (κ1) is 16.2. The van der Waals surface area contributed by atoms with E-state index in [0.717, 1.165) is 6.92 Å². The number of hydrogen-bond donors (Lipinski definition) is 0. The zero-order chi connectivity index (χ0) is 15.7. The van der Waals surface area contributed by atoms with Gasteiger partial charge in [-0.25, -0.2) is 13.6 Å². The van der Waals surface area contributed by atoms with E-state index >= 15 is 0 Å². The lowest BCUT2D eigenvalue weighted by Crippen LogP contribution is -2.38. The van der Waals surface area contributed by atoms with Gasteiger partial charge in [-0.1, -0.05) is 0 Å². The fourth-order valence-electron chi connectivity index (χ4n) is 1.44. The molecule has 1 aromatic rings. The Kier molecular flexibility index (Phi) is 4.26. The summed E-state index contributed by atoms with van der Waals surface area (Å²) in [4.78, 5) is 18.8. The minimum atomic E-state index is -4.84. The predicted octanol–water partition coefficient (Wildman–Crippen LogP) is 3.66. The molecular weight excluding hydrogens is 287 g/mol. The van der Waals surface area contributed by atoms with E-state index in [2.05, 4.69) is 9.78 Å². The van der Waals surface area contributed by atoms with Crippen molar-refractivity contribution in [1.82, 2.24) is 0 Å². The first-order chi connectivity index (χ1) is 8.96. The number of carbonyl (C=O) groups excluding carboxylic acids is 1. The minimum absolute atomic E-state index is 0.509. The molecule has 0 spiro atoms. The van der Waals surface area contributed by atoms with Gasteiger partial charge < -0.3 is 0 Å². The van der Waals surface area contributed by atoms with Crippen molar-refractivity contribution in [1.29, 1.82) is 0 Å². The Balaban J connectivity index is 3.22. The molecule has 0 heterocycles. The first-order valence-corrected chi connectivity index (χ1v) is 5.38. The molecule has 0 unspecified atom stereocenters. The summed E-state index contributed by atoms with van der Waals surface area (Å²) in [6.07, 6.45) is -4.84. The van der Waals surface area contributed by atoms with Gasteiger partial charge in [-0.3, -0.25) is 9.78 Å². The molecule has 20 heavy (non-hydrogen) atoms. The molecule has 0 aliphatic heterocycles. The lowest BCUT2D eigenvalue weighted by Gasteiger charge is -2.28. The molecule has 0 aliphatic rings. The highest BCUT2D eigenvalue weighted by atomic mass is 19.4. The largest absolute Gasteiger partial charge is 0.398 e. The molecule has 0 atom stereocenters. The highest BCUT2D eigenvalue weighted by Gasteiger charge is 2.51. The predicted molar refractivity (Wildman–Crippen MR) is 57.8 cm³/mol. The van der Waals surface area contributed by atoms with E-state index in [0.29, 0.717) is 26.0 Å². The van der Waals surface area contributed by atoms with Gasteiger partial charge in [0.15, 0.2) is 5.75 Å². The quantitative estimate of drug-likeness (QED) is 0.485. The van der Waals surface area contributed by atoms with Crippen molar-refractivity contribution in [2.24, 2.45) is 0 Å². The van der Waals surface area contributed by atoms with Crippen LogP contribution in [0.25, 0.3) is 0 Å². The minimum Gasteiger partial charge on any atom is -0.287 e. The molecule has 0 N–H and O–H groups in total. The third kappa shape index (κ3) is 3.17. The molecule has 0 saturated heterocycles. The summed E-state index contributed by atoms with van der Waals surface area (Å²) in [5.41, 5.74) is -3.86. The lowest BCUT2D eigenvalue weighted by atomic mass is 9.83. The summed E-state index contributed by atoms with van der Waals surface area (Å²) in [6.45, 7) is 2.29. The molecular formula is C12H11F5O3. The molecule has 0 amide bonds. The second-order valence-corrected chi connectivity index (χ2v) is 4.54. The van der Waals surface area contributed by atoms with Crippen molar-refractivity contribution in [3.05, 3.63) is 29.3 Å². The zero-order valence-electron chi connectivity index (χ0n) is 10.8. The first-order valence-electron chi connectivity index (χ1n) is 5.38. The van der Waals surface area contributed by atoms with Gasteiger partial charge in [-0.15, -0.1) is 0 Å². The van der Waals surface area contributed by atoms with Gasteiger partial charge >= 0.3 is 12.1 Å². The fraction of sp³-hybridized carbons (Fsp3) is 0.417. The van der Waals surface area contributed by atoms with E-state index < -0.39 is 40.5 Å². The summed E-state index contributed by atoms with van der Waals surface area (Å²) < 4.78 is 65.8. The molecule has 1 aromatic carbocycles. The monoisotopic (exact) mass is 298 g/mol. The maximum atomic E-state index is 13.7. The van der Waals surface area contributed by atoms with Crippen LogP contribution in [0, 0.1) is 11.6 Å². The molecule has 8 heteroatoms. The van der Waals surface area contributed by atoms with Gasteiger partial charge in [0.2, 0.25) is 0 Å². The summed E-state index contributed by atoms with van der Waals surface area (Å²) in [6, 6.07) is 1.02. The van der Waals surface area contributed by atoms with Crippen LogP contribution in [0.5, 0.6) is 5.75 Å². The molecule has 112 valence electrons. The Bertz CT molecular complexity index is 499. The van der Waals surface area contributed by atoms with Crippen LogP contribution in [-0.2, 0) is 15.1 Å². The maximum absolute atomic E-state index is 13.7. The van der Waals surface area contributed by atoms with Crippen LogP contribution in [0.15, 0.2) is 12.1 Å². The number of alkyl halides is 3. The molecule has 0 aliphatic carbocycles. The van der Waals surface area contributed by atoms with Gasteiger partial charge in [-0.2, -0.15) is 13.2 Å². The smallest absolute Gasteiger partial charge is 0.287 e. The van der Waals surface area contributed by atoms with Gasteiger partial charge in [0.25, 0.3) is 0 Å². The van der Waals surface area contributed by atoms with Crippen molar-refractivity contribution in [2.45, 2.75) is 32.4 Å². The topological polar surface area (TPSA) is 35.5 Å². The third-order valence-corrected chi connectivity index (χ3v) is 2.60. The maximum Gasteiger partial charge on any atom is 0.398 e. The SMILES string of the molecule is CC(=O)OOc1cc(F)c(C(C)(C)C(F)(F)F)c(F)c1. The molecule has 0 bridgehead atoms. The Morgan fingerprint density at radius 3 is 1.90 bits per heavy atom. The zero-order valence-corrected chi connectivity index (χ0v) is 10.8. The summed E-state index contributed by atoms with van der Waals surface area (Å²) in [5.74, 6) is -4.34. The average Bonchev–Trinajstić information content (AvgIpc) is 2.23. The molecule has 0 fully saturated rings. The fourth-order valence-corrected chi connectivity index (χ4v) is 1.44. The molecule has 3 nitrogen and oxygen atoms in total. The van der Waals surface area contributed by atoms with Gasteiger partial charge in [0, 0.05) is 24.6 Å². The summed E-state index contributed by atoms with van der Waals surface area (Å²) in [7, 11) is 0. The van der Waals surface area contributed by atoms with Crippen LogP contribution in [-0.4, -0.2) is 12.1 Å². The van der Waals surface area contributed by atoms with Gasteiger partial charge in [-0.05, 0) is 13.8 Å². The standard InChI is InChI=1S/C12H11F5O3/c1-6(18)19-20-7-4-8(13)10(9(14)5-7)11(2,3)12(15,16)17/h4-5H,1-3H3. The molecule has 0 saturated carbocycles. The third-order valence-electron chi connectivity index (χ3n) is 2.60. The van der Waals surface area contributed by atoms with Gasteiger partial charge in [0.1, 0.15) is 11.6 Å². The average molecular weight is 298 g/mol. The van der Waals surface area contributed by atoms with Crippen molar-refractivity contribution in [2.75, 3.05) is 0 Å². The Morgan fingerprint density at radius 2 is 1.55 bits per heavy atom. The number of rotatable bonds is 3. The molecule has 0 radical (unpaired) electrons. The van der Waals surface area contributed by atoms with E-state index in [9.17, 15) is 26.7 Å². The lowest BCUT2D eigenvalue weighted by molar-refractivity contribution is -0.211. The van der Waals surface area contributed by atoms with Crippen LogP contribution in [0.2, 0.25) is 0 Å². The van der Waals surface area contributed by atoms with E-state index in [1.807, 2.05) is 0 Å². The number of carbonyl (C=O) groups is 1. The molecule has 0 aromatic heterocycles. The van der Waals surface area contributed by atoms with Crippen LogP contribution in [0.3, 0.4) is 0 Å². The van der Waals surface area contributed by atoms with E-state index in [1.165, 1.54) is 0 Å².